The Morgan fingerprint density at radius 2 is 2.07 bits per heavy atom. The number of nitrogens with zero attached hydrogens (tertiary/aromatic N) is 2. The monoisotopic (exact) mass is 197 g/mol. The van der Waals surface area contributed by atoms with Crippen LogP contribution in [0.25, 0.3) is 11.4 Å². The molecule has 2 rings (SSSR count). The minimum absolute atomic E-state index is 0.490. The van der Waals surface area contributed by atoms with Gasteiger partial charge in [0.05, 0.1) is 6.20 Å². The van der Waals surface area contributed by atoms with Crippen molar-refractivity contribution < 1.29 is 0 Å². The largest absolute Gasteiger partial charge is 0.330 e. The second-order valence-corrected chi connectivity index (χ2v) is 3.31. The maximum atomic E-state index is 8.66. The molecular weight excluding hydrogens is 186 g/mol. The molecule has 0 radical (unpaired) electrons. The highest BCUT2D eigenvalue weighted by Gasteiger charge is 2.02. The summed E-state index contributed by atoms with van der Waals surface area (Å²) in [6.45, 7) is 2.12. The maximum Gasteiger partial charge on any atom is 0.138 e. The molecule has 74 valence electrons. The van der Waals surface area contributed by atoms with Gasteiger partial charge in [0.2, 0.25) is 0 Å². The zero-order valence-corrected chi connectivity index (χ0v) is 8.49. The van der Waals surface area contributed by atoms with Crippen molar-refractivity contribution in [2.45, 2.75) is 13.3 Å². The molecule has 3 nitrogen and oxygen atoms in total. The Balaban J connectivity index is 2.33. The Labute approximate surface area is 88.4 Å². The van der Waals surface area contributed by atoms with Crippen molar-refractivity contribution in [2.24, 2.45) is 0 Å². The van der Waals surface area contributed by atoms with E-state index in [1.165, 1.54) is 5.56 Å². The van der Waals surface area contributed by atoms with Crippen LogP contribution in [0.2, 0.25) is 0 Å². The van der Waals surface area contributed by atoms with Crippen molar-refractivity contribution in [3.05, 3.63) is 41.7 Å². The Hall–Kier alpha value is -2.08. The first-order valence-electron chi connectivity index (χ1n) is 4.88. The number of rotatable bonds is 2. The van der Waals surface area contributed by atoms with Crippen LogP contribution in [0, 0.1) is 11.3 Å². The van der Waals surface area contributed by atoms with Crippen molar-refractivity contribution in [3.8, 4) is 17.5 Å². The highest BCUT2D eigenvalue weighted by molar-refractivity contribution is 5.56. The predicted octanol–water partition coefficient (Wildman–Crippen LogP) is 2.51. The predicted molar refractivity (Wildman–Crippen MR) is 58.1 cm³/mol. The third kappa shape index (κ3) is 1.89. The van der Waals surface area contributed by atoms with E-state index < -0.39 is 0 Å². The van der Waals surface area contributed by atoms with Crippen LogP contribution in [-0.4, -0.2) is 9.97 Å². The van der Waals surface area contributed by atoms with Crippen LogP contribution in [0.4, 0.5) is 0 Å². The lowest BCUT2D eigenvalue weighted by atomic mass is 10.1. The Kier molecular flexibility index (Phi) is 2.51. The third-order valence-corrected chi connectivity index (χ3v) is 2.33. The van der Waals surface area contributed by atoms with E-state index in [4.69, 9.17) is 5.26 Å². The minimum Gasteiger partial charge on any atom is -0.330 e. The van der Waals surface area contributed by atoms with Crippen LogP contribution in [0.15, 0.2) is 30.5 Å². The summed E-state index contributed by atoms with van der Waals surface area (Å²) in [5, 5.41) is 8.66. The average molecular weight is 197 g/mol. The van der Waals surface area contributed by atoms with Gasteiger partial charge in [0.25, 0.3) is 0 Å². The van der Waals surface area contributed by atoms with Crippen molar-refractivity contribution >= 4 is 0 Å². The van der Waals surface area contributed by atoms with Crippen LogP contribution in [0.3, 0.4) is 0 Å². The van der Waals surface area contributed by atoms with E-state index in [0.29, 0.717) is 5.69 Å². The van der Waals surface area contributed by atoms with Gasteiger partial charge in [-0.05, 0) is 12.0 Å². The van der Waals surface area contributed by atoms with Crippen molar-refractivity contribution in [1.29, 1.82) is 5.26 Å². The highest BCUT2D eigenvalue weighted by Crippen LogP contribution is 2.16. The minimum atomic E-state index is 0.490. The van der Waals surface area contributed by atoms with Crippen LogP contribution in [0.1, 0.15) is 18.2 Å². The van der Waals surface area contributed by atoms with E-state index in [2.05, 4.69) is 29.0 Å². The molecule has 0 saturated carbocycles. The second kappa shape index (κ2) is 3.97. The van der Waals surface area contributed by atoms with Gasteiger partial charge in [-0.3, -0.25) is 0 Å². The molecule has 1 heterocycles. The van der Waals surface area contributed by atoms with Gasteiger partial charge in [-0.15, -0.1) is 0 Å². The molecular formula is C12H11N3. The first-order valence-corrected chi connectivity index (χ1v) is 4.88. The van der Waals surface area contributed by atoms with Crippen LogP contribution in [-0.2, 0) is 6.42 Å². The van der Waals surface area contributed by atoms with Gasteiger partial charge in [0.1, 0.15) is 17.6 Å². The molecule has 1 N–H and O–H groups in total. The van der Waals surface area contributed by atoms with Crippen molar-refractivity contribution in [2.75, 3.05) is 0 Å². The lowest BCUT2D eigenvalue weighted by molar-refractivity contribution is 1.14. The standard InChI is InChI=1S/C12H11N3/c1-2-9-3-5-10(6-4-9)12-14-8-11(7-13)15-12/h3-6,8H,2H2,1H3,(H,14,15). The maximum absolute atomic E-state index is 8.66. The molecule has 1 aromatic carbocycles. The number of hydrogen-bond acceptors (Lipinski definition) is 2. The van der Waals surface area contributed by atoms with Crippen LogP contribution >= 0.6 is 0 Å². The molecule has 0 aliphatic rings. The fourth-order valence-corrected chi connectivity index (χ4v) is 1.42. The summed E-state index contributed by atoms with van der Waals surface area (Å²) in [5.41, 5.74) is 2.80. The van der Waals surface area contributed by atoms with Gasteiger partial charge in [-0.2, -0.15) is 5.26 Å². The molecule has 0 amide bonds. The highest BCUT2D eigenvalue weighted by atomic mass is 14.9. The summed E-state index contributed by atoms with van der Waals surface area (Å²) in [5.74, 6) is 0.745. The fourth-order valence-electron chi connectivity index (χ4n) is 1.42. The van der Waals surface area contributed by atoms with Crippen molar-refractivity contribution in [3.63, 3.8) is 0 Å². The summed E-state index contributed by atoms with van der Waals surface area (Å²) in [4.78, 5) is 7.08. The molecule has 0 aliphatic heterocycles. The number of H-pyrrole nitrogens is 1. The van der Waals surface area contributed by atoms with Gasteiger partial charge in [-0.1, -0.05) is 31.2 Å². The molecule has 15 heavy (non-hydrogen) atoms. The van der Waals surface area contributed by atoms with Crippen LogP contribution < -0.4 is 0 Å². The summed E-state index contributed by atoms with van der Waals surface area (Å²) in [7, 11) is 0. The van der Waals surface area contributed by atoms with E-state index in [9.17, 15) is 0 Å². The number of aromatic amines is 1. The Morgan fingerprint density at radius 1 is 1.33 bits per heavy atom. The molecule has 0 spiro atoms. The number of imidazole rings is 1. The van der Waals surface area contributed by atoms with Gasteiger partial charge >= 0.3 is 0 Å². The summed E-state index contributed by atoms with van der Waals surface area (Å²) < 4.78 is 0. The normalized spacial score (nSPS) is 9.87. The molecule has 2 aromatic rings. The van der Waals surface area contributed by atoms with E-state index >= 15 is 0 Å². The molecule has 0 saturated heterocycles. The summed E-state index contributed by atoms with van der Waals surface area (Å²) in [6.07, 6.45) is 2.57. The zero-order valence-electron chi connectivity index (χ0n) is 8.49. The number of hydrogen-bond donors (Lipinski definition) is 1. The third-order valence-electron chi connectivity index (χ3n) is 2.33. The Bertz CT molecular complexity index is 488. The number of nitriles is 1. The number of aromatic nitrogens is 2. The number of nitrogens with one attached hydrogen (secondary N) is 1. The van der Waals surface area contributed by atoms with E-state index in [1.54, 1.807) is 6.20 Å². The molecule has 0 unspecified atom stereocenters. The molecule has 0 aliphatic carbocycles. The topological polar surface area (TPSA) is 52.5 Å². The van der Waals surface area contributed by atoms with Crippen molar-refractivity contribution in [1.82, 2.24) is 9.97 Å². The van der Waals surface area contributed by atoms with E-state index in [0.717, 1.165) is 17.8 Å². The van der Waals surface area contributed by atoms with Crippen LogP contribution in [0.5, 0.6) is 0 Å². The quantitative estimate of drug-likeness (QED) is 0.804. The average Bonchev–Trinajstić information content (AvgIpc) is 2.78. The van der Waals surface area contributed by atoms with E-state index in [-0.39, 0.29) is 0 Å². The van der Waals surface area contributed by atoms with Gasteiger partial charge in [0, 0.05) is 5.56 Å². The molecule has 0 fully saturated rings. The van der Waals surface area contributed by atoms with Gasteiger partial charge in [-0.25, -0.2) is 4.98 Å². The fraction of sp³-hybridized carbons (Fsp3) is 0.167. The van der Waals surface area contributed by atoms with Gasteiger partial charge < -0.3 is 4.98 Å². The Morgan fingerprint density at radius 3 is 2.60 bits per heavy atom. The smallest absolute Gasteiger partial charge is 0.138 e. The zero-order chi connectivity index (χ0) is 10.7. The number of aryl methyl sites for hydroxylation is 1. The summed E-state index contributed by atoms with van der Waals surface area (Å²) >= 11 is 0. The second-order valence-electron chi connectivity index (χ2n) is 3.31. The number of benzene rings is 1. The first-order chi connectivity index (χ1) is 7.33. The molecule has 0 bridgehead atoms. The lowest BCUT2D eigenvalue weighted by Crippen LogP contribution is -1.83. The SMILES string of the molecule is CCc1ccc(-c2ncc(C#N)[nH]2)cc1. The van der Waals surface area contributed by atoms with Gasteiger partial charge in [0.15, 0.2) is 0 Å². The first kappa shape index (κ1) is 9.47. The molecule has 3 heteroatoms. The molecule has 0 atom stereocenters. The van der Waals surface area contributed by atoms with E-state index in [1.807, 2.05) is 18.2 Å². The molecule has 1 aromatic heterocycles. The lowest BCUT2D eigenvalue weighted by Gasteiger charge is -1.98. The summed E-state index contributed by atoms with van der Waals surface area (Å²) in [6, 6.07) is 10.2.